The van der Waals surface area contributed by atoms with Crippen LogP contribution >= 0.6 is 11.6 Å². The molecule has 1 saturated carbocycles. The average Bonchev–Trinajstić information content (AvgIpc) is 2.17. The largest absolute Gasteiger partial charge is 0.290 e. The average molecular weight is 119 g/mol. The van der Waals surface area contributed by atoms with E-state index in [4.69, 9.17) is 11.6 Å². The minimum absolute atomic E-state index is 0.164. The van der Waals surface area contributed by atoms with Gasteiger partial charge in [0.05, 0.1) is 0 Å². The van der Waals surface area contributed by atoms with Gasteiger partial charge in [0.15, 0.2) is 0 Å². The van der Waals surface area contributed by atoms with Gasteiger partial charge in [-0.2, -0.15) is 0 Å². The number of hydrogen-bond donors (Lipinski definition) is 0. The van der Waals surface area contributed by atoms with E-state index < -0.39 is 5.92 Å². The van der Waals surface area contributed by atoms with E-state index in [-0.39, 0.29) is 17.4 Å². The molecule has 0 saturated heterocycles. The number of alkyl halides is 1. The highest BCUT2D eigenvalue weighted by atomic mass is 35.5. The van der Waals surface area contributed by atoms with Gasteiger partial charge in [-0.3, -0.25) is 9.59 Å². The molecule has 38 valence electrons. The number of ketones is 2. The van der Waals surface area contributed by atoms with Crippen LogP contribution in [0.1, 0.15) is 0 Å². The molecule has 1 rings (SSSR count). The second-order valence-electron chi connectivity index (χ2n) is 1.44. The zero-order valence-corrected chi connectivity index (χ0v) is 4.23. The highest BCUT2D eigenvalue weighted by molar-refractivity contribution is 6.61. The first-order chi connectivity index (χ1) is 3.27. The zero-order valence-electron chi connectivity index (χ0n) is 3.48. The van der Waals surface area contributed by atoms with E-state index in [1.54, 1.807) is 0 Å². The molecule has 0 aromatic rings. The van der Waals surface area contributed by atoms with E-state index in [0.29, 0.717) is 0 Å². The fraction of sp³-hybridized carbons (Fsp3) is 0.500. The van der Waals surface area contributed by atoms with E-state index in [9.17, 15) is 9.59 Å². The number of halogens is 1. The summed E-state index contributed by atoms with van der Waals surface area (Å²) in [6, 6.07) is 0. The standard InChI is InChI=1S/C4H3ClO2/c5-1-2-3(6)4(2)7/h2H,1H2. The van der Waals surface area contributed by atoms with Crippen molar-refractivity contribution >= 4 is 23.2 Å². The fourth-order valence-corrected chi connectivity index (χ4v) is 0.646. The Kier molecular flexibility index (Phi) is 0.889. The molecule has 0 heterocycles. The van der Waals surface area contributed by atoms with Crippen molar-refractivity contribution in [1.82, 2.24) is 0 Å². The molecule has 1 aliphatic rings. The summed E-state index contributed by atoms with van der Waals surface area (Å²) in [5.41, 5.74) is 0. The first-order valence-electron chi connectivity index (χ1n) is 1.91. The van der Waals surface area contributed by atoms with Crippen LogP contribution in [0.2, 0.25) is 0 Å². The number of carbonyl (C=O) groups excluding carboxylic acids is 2. The molecule has 2 nitrogen and oxygen atoms in total. The summed E-state index contributed by atoms with van der Waals surface area (Å²) in [6.07, 6.45) is 0. The number of hydrogen-bond acceptors (Lipinski definition) is 2. The molecule has 0 unspecified atom stereocenters. The van der Waals surface area contributed by atoms with Gasteiger partial charge in [-0.25, -0.2) is 0 Å². The van der Waals surface area contributed by atoms with Crippen molar-refractivity contribution < 1.29 is 9.59 Å². The predicted octanol–water partition coefficient (Wildman–Crippen LogP) is -0.00680. The van der Waals surface area contributed by atoms with Crippen molar-refractivity contribution in [2.75, 3.05) is 5.88 Å². The van der Waals surface area contributed by atoms with Crippen molar-refractivity contribution in [1.29, 1.82) is 0 Å². The molecule has 0 aromatic carbocycles. The van der Waals surface area contributed by atoms with Crippen LogP contribution < -0.4 is 0 Å². The maximum absolute atomic E-state index is 10.0. The van der Waals surface area contributed by atoms with Crippen LogP contribution in [-0.4, -0.2) is 17.4 Å². The van der Waals surface area contributed by atoms with Gasteiger partial charge in [0.2, 0.25) is 11.6 Å². The first-order valence-corrected chi connectivity index (χ1v) is 2.45. The molecule has 0 aliphatic heterocycles. The molecule has 1 aliphatic carbocycles. The normalized spacial score (nSPS) is 20.7. The SMILES string of the molecule is O=C1C(=O)C1CCl. The molecule has 0 atom stereocenters. The Bertz CT molecular complexity index is 116. The van der Waals surface area contributed by atoms with E-state index in [0.717, 1.165) is 0 Å². The van der Waals surface area contributed by atoms with Crippen molar-refractivity contribution in [2.45, 2.75) is 0 Å². The van der Waals surface area contributed by atoms with Crippen molar-refractivity contribution in [3.8, 4) is 0 Å². The number of Topliss-reactive ketones (excluding diaryl/α,β-unsaturated/α-hetero) is 2. The van der Waals surface area contributed by atoms with Gasteiger partial charge in [0, 0.05) is 5.88 Å². The third-order valence-corrected chi connectivity index (χ3v) is 1.26. The van der Waals surface area contributed by atoms with E-state index >= 15 is 0 Å². The topological polar surface area (TPSA) is 34.1 Å². The van der Waals surface area contributed by atoms with E-state index in [2.05, 4.69) is 0 Å². The molecule has 0 radical (unpaired) electrons. The molecule has 7 heavy (non-hydrogen) atoms. The molecule has 1 fully saturated rings. The minimum atomic E-state index is -0.443. The summed E-state index contributed by atoms with van der Waals surface area (Å²) >= 11 is 5.15. The van der Waals surface area contributed by atoms with Gasteiger partial charge in [0.25, 0.3) is 0 Å². The van der Waals surface area contributed by atoms with Crippen LogP contribution in [0.4, 0.5) is 0 Å². The Hall–Kier alpha value is -0.370. The van der Waals surface area contributed by atoms with Gasteiger partial charge < -0.3 is 0 Å². The lowest BCUT2D eigenvalue weighted by Gasteiger charge is -1.65. The van der Waals surface area contributed by atoms with Gasteiger partial charge >= 0.3 is 0 Å². The first kappa shape index (κ1) is 4.78. The monoisotopic (exact) mass is 118 g/mol. The summed E-state index contributed by atoms with van der Waals surface area (Å²) in [7, 11) is 0. The molecule has 0 spiro atoms. The summed E-state index contributed by atoms with van der Waals surface area (Å²) < 4.78 is 0. The quantitative estimate of drug-likeness (QED) is 0.276. The summed E-state index contributed by atoms with van der Waals surface area (Å²) in [5.74, 6) is -0.899. The molecular weight excluding hydrogens is 115 g/mol. The van der Waals surface area contributed by atoms with E-state index in [1.807, 2.05) is 0 Å². The third-order valence-electron chi connectivity index (χ3n) is 0.947. The van der Waals surface area contributed by atoms with Crippen molar-refractivity contribution in [2.24, 2.45) is 5.92 Å². The second kappa shape index (κ2) is 1.30. The van der Waals surface area contributed by atoms with Gasteiger partial charge in [0.1, 0.15) is 5.92 Å². The van der Waals surface area contributed by atoms with Gasteiger partial charge in [-0.1, -0.05) is 0 Å². The van der Waals surface area contributed by atoms with Crippen LogP contribution in [0.15, 0.2) is 0 Å². The smallest absolute Gasteiger partial charge is 0.211 e. The lowest BCUT2D eigenvalue weighted by atomic mass is 10.5. The third kappa shape index (κ3) is 0.548. The summed E-state index contributed by atoms with van der Waals surface area (Å²) in [4.78, 5) is 20.0. The number of rotatable bonds is 1. The van der Waals surface area contributed by atoms with Gasteiger partial charge in [-0.05, 0) is 0 Å². The van der Waals surface area contributed by atoms with Crippen LogP contribution in [0, 0.1) is 5.92 Å². The Morgan fingerprint density at radius 2 is 1.86 bits per heavy atom. The van der Waals surface area contributed by atoms with Crippen LogP contribution in [0.25, 0.3) is 0 Å². The Morgan fingerprint density at radius 3 is 1.86 bits per heavy atom. The Labute approximate surface area is 45.5 Å². The lowest BCUT2D eigenvalue weighted by molar-refractivity contribution is -0.122. The zero-order chi connectivity index (χ0) is 5.44. The second-order valence-corrected chi connectivity index (χ2v) is 1.74. The van der Waals surface area contributed by atoms with E-state index in [1.165, 1.54) is 0 Å². The number of carbonyl (C=O) groups is 2. The highest BCUT2D eigenvalue weighted by Crippen LogP contribution is 2.19. The van der Waals surface area contributed by atoms with Crippen molar-refractivity contribution in [3.63, 3.8) is 0 Å². The molecule has 0 aromatic heterocycles. The highest BCUT2D eigenvalue weighted by Gasteiger charge is 2.47. The van der Waals surface area contributed by atoms with Crippen LogP contribution in [0.3, 0.4) is 0 Å². The molecule has 0 amide bonds. The lowest BCUT2D eigenvalue weighted by Crippen LogP contribution is -1.77. The predicted molar refractivity (Wildman–Crippen MR) is 24.2 cm³/mol. The fourth-order valence-electron chi connectivity index (χ4n) is 0.365. The molecule has 0 N–H and O–H groups in total. The molecular formula is C4H3ClO2. The maximum atomic E-state index is 10.0. The molecule has 3 heteroatoms. The molecule has 0 bridgehead atoms. The van der Waals surface area contributed by atoms with Crippen molar-refractivity contribution in [3.05, 3.63) is 0 Å². The minimum Gasteiger partial charge on any atom is -0.290 e. The summed E-state index contributed by atoms with van der Waals surface area (Å²) in [6.45, 7) is 0. The van der Waals surface area contributed by atoms with Crippen LogP contribution in [0.5, 0.6) is 0 Å². The Morgan fingerprint density at radius 1 is 1.43 bits per heavy atom. The van der Waals surface area contributed by atoms with Crippen LogP contribution in [-0.2, 0) is 9.59 Å². The van der Waals surface area contributed by atoms with Gasteiger partial charge in [-0.15, -0.1) is 11.6 Å². The maximum Gasteiger partial charge on any atom is 0.211 e. The summed E-state index contributed by atoms with van der Waals surface area (Å²) in [5, 5.41) is 0. The Balaban J connectivity index is 2.54.